The number of nitrogens with zero attached hydrogens (tertiary/aromatic N) is 3. The molecule has 1 aromatic heterocycles. The molecule has 25 heavy (non-hydrogen) atoms. The van der Waals surface area contributed by atoms with Gasteiger partial charge in [-0.2, -0.15) is 0 Å². The van der Waals surface area contributed by atoms with Crippen molar-refractivity contribution >= 4 is 11.7 Å². The highest BCUT2D eigenvalue weighted by Gasteiger charge is 2.28. The number of carbonyl (C=O) groups is 1. The molecule has 1 aliphatic carbocycles. The van der Waals surface area contributed by atoms with Gasteiger partial charge < -0.3 is 10.2 Å². The third kappa shape index (κ3) is 4.53. The van der Waals surface area contributed by atoms with Crippen LogP contribution in [0.3, 0.4) is 0 Å². The van der Waals surface area contributed by atoms with Crippen molar-refractivity contribution in [3.63, 3.8) is 0 Å². The Labute approximate surface area is 147 Å². The van der Waals surface area contributed by atoms with Crippen molar-refractivity contribution in [2.24, 2.45) is 5.92 Å². The van der Waals surface area contributed by atoms with Crippen molar-refractivity contribution in [3.05, 3.63) is 54.2 Å². The van der Waals surface area contributed by atoms with Gasteiger partial charge in [-0.05, 0) is 31.7 Å². The fourth-order valence-corrected chi connectivity index (χ4v) is 3.34. The second-order valence-corrected chi connectivity index (χ2v) is 6.57. The van der Waals surface area contributed by atoms with Gasteiger partial charge in [0.15, 0.2) is 0 Å². The van der Waals surface area contributed by atoms with E-state index in [4.69, 9.17) is 0 Å². The van der Waals surface area contributed by atoms with E-state index in [0.29, 0.717) is 18.2 Å². The third-order valence-corrected chi connectivity index (χ3v) is 4.73. The average Bonchev–Trinajstić information content (AvgIpc) is 2.64. The van der Waals surface area contributed by atoms with Crippen LogP contribution in [0.1, 0.15) is 31.2 Å². The Morgan fingerprint density at radius 3 is 2.68 bits per heavy atom. The van der Waals surface area contributed by atoms with Gasteiger partial charge in [-0.1, -0.05) is 18.2 Å². The molecule has 132 valence electrons. The van der Waals surface area contributed by atoms with Crippen LogP contribution in [-0.4, -0.2) is 33.9 Å². The SMILES string of the molecule is CN(Cc1ccccc1F)C(=O)C1CCC(Nc2cnccn2)CC1. The summed E-state index contributed by atoms with van der Waals surface area (Å²) >= 11 is 0. The van der Waals surface area contributed by atoms with E-state index >= 15 is 0 Å². The van der Waals surface area contributed by atoms with Crippen molar-refractivity contribution in [2.75, 3.05) is 12.4 Å². The van der Waals surface area contributed by atoms with Crippen LogP contribution in [0.2, 0.25) is 0 Å². The minimum atomic E-state index is -0.265. The van der Waals surface area contributed by atoms with Crippen LogP contribution in [0.5, 0.6) is 0 Å². The average molecular weight is 342 g/mol. The molecule has 0 bridgehead atoms. The van der Waals surface area contributed by atoms with Gasteiger partial charge in [0.1, 0.15) is 11.6 Å². The molecule has 1 aliphatic rings. The second-order valence-electron chi connectivity index (χ2n) is 6.57. The summed E-state index contributed by atoms with van der Waals surface area (Å²) in [6.07, 6.45) is 8.51. The first kappa shape index (κ1) is 17.3. The second kappa shape index (κ2) is 8.05. The molecule has 1 amide bonds. The van der Waals surface area contributed by atoms with E-state index in [1.165, 1.54) is 6.07 Å². The zero-order chi connectivity index (χ0) is 17.6. The number of rotatable bonds is 5. The van der Waals surface area contributed by atoms with Crippen molar-refractivity contribution < 1.29 is 9.18 Å². The summed E-state index contributed by atoms with van der Waals surface area (Å²) in [5.74, 6) is 0.617. The zero-order valence-electron chi connectivity index (χ0n) is 14.4. The molecule has 0 unspecified atom stereocenters. The molecule has 0 saturated heterocycles. The van der Waals surface area contributed by atoms with Crippen LogP contribution in [-0.2, 0) is 11.3 Å². The predicted octanol–water partition coefficient (Wildman–Crippen LogP) is 3.25. The minimum absolute atomic E-state index is 0.0108. The summed E-state index contributed by atoms with van der Waals surface area (Å²) in [7, 11) is 1.75. The molecule has 0 radical (unpaired) electrons. The lowest BCUT2D eigenvalue weighted by atomic mass is 9.85. The van der Waals surface area contributed by atoms with Crippen molar-refractivity contribution in [3.8, 4) is 0 Å². The number of amides is 1. The highest BCUT2D eigenvalue weighted by molar-refractivity contribution is 5.78. The molecule has 0 atom stereocenters. The molecule has 1 aromatic carbocycles. The summed E-state index contributed by atoms with van der Waals surface area (Å²) in [5, 5.41) is 3.37. The Morgan fingerprint density at radius 2 is 2.00 bits per heavy atom. The number of anilines is 1. The zero-order valence-corrected chi connectivity index (χ0v) is 14.4. The van der Waals surface area contributed by atoms with Gasteiger partial charge in [0.2, 0.25) is 5.91 Å². The molecular formula is C19H23FN4O. The summed E-state index contributed by atoms with van der Waals surface area (Å²) in [5.41, 5.74) is 0.552. The molecule has 1 N–H and O–H groups in total. The van der Waals surface area contributed by atoms with Crippen LogP contribution in [0.4, 0.5) is 10.2 Å². The number of aromatic nitrogens is 2. The number of benzene rings is 1. The fourth-order valence-electron chi connectivity index (χ4n) is 3.34. The van der Waals surface area contributed by atoms with E-state index in [1.54, 1.807) is 48.7 Å². The Morgan fingerprint density at radius 1 is 1.24 bits per heavy atom. The van der Waals surface area contributed by atoms with Crippen molar-refractivity contribution in [2.45, 2.75) is 38.3 Å². The molecule has 3 rings (SSSR count). The van der Waals surface area contributed by atoms with Crippen LogP contribution in [0.25, 0.3) is 0 Å². The fraction of sp³-hybridized carbons (Fsp3) is 0.421. The Bertz CT molecular complexity index is 702. The number of halogens is 1. The maximum absolute atomic E-state index is 13.8. The lowest BCUT2D eigenvalue weighted by Crippen LogP contribution is -2.37. The van der Waals surface area contributed by atoms with Gasteiger partial charge in [-0.25, -0.2) is 9.37 Å². The van der Waals surface area contributed by atoms with E-state index in [0.717, 1.165) is 31.5 Å². The maximum Gasteiger partial charge on any atom is 0.225 e. The molecule has 5 nitrogen and oxygen atoms in total. The maximum atomic E-state index is 13.8. The van der Waals surface area contributed by atoms with Crippen LogP contribution in [0.15, 0.2) is 42.9 Å². The highest BCUT2D eigenvalue weighted by Crippen LogP contribution is 2.28. The number of hydrogen-bond acceptors (Lipinski definition) is 4. The Kier molecular flexibility index (Phi) is 5.58. The smallest absolute Gasteiger partial charge is 0.225 e. The monoisotopic (exact) mass is 342 g/mol. The molecule has 6 heteroatoms. The first-order valence-corrected chi connectivity index (χ1v) is 8.64. The number of nitrogens with one attached hydrogen (secondary N) is 1. The number of carbonyl (C=O) groups excluding carboxylic acids is 1. The molecule has 1 heterocycles. The van der Waals surface area contributed by atoms with E-state index in [-0.39, 0.29) is 17.6 Å². The van der Waals surface area contributed by atoms with Crippen LogP contribution in [0, 0.1) is 11.7 Å². The minimum Gasteiger partial charge on any atom is -0.366 e. The molecule has 0 spiro atoms. The lowest BCUT2D eigenvalue weighted by Gasteiger charge is -2.31. The van der Waals surface area contributed by atoms with E-state index in [2.05, 4.69) is 15.3 Å². The largest absolute Gasteiger partial charge is 0.366 e. The van der Waals surface area contributed by atoms with Crippen LogP contribution < -0.4 is 5.32 Å². The summed E-state index contributed by atoms with van der Waals surface area (Å²) in [4.78, 5) is 22.6. The van der Waals surface area contributed by atoms with Gasteiger partial charge >= 0.3 is 0 Å². The van der Waals surface area contributed by atoms with Gasteiger partial charge in [-0.3, -0.25) is 9.78 Å². The van der Waals surface area contributed by atoms with Gasteiger partial charge in [-0.15, -0.1) is 0 Å². The normalized spacial score (nSPS) is 20.1. The Hall–Kier alpha value is -2.50. The van der Waals surface area contributed by atoms with Gasteiger partial charge in [0.05, 0.1) is 6.20 Å². The third-order valence-electron chi connectivity index (χ3n) is 4.73. The summed E-state index contributed by atoms with van der Waals surface area (Å²) in [6, 6.07) is 6.92. The van der Waals surface area contributed by atoms with Gasteiger partial charge in [0.25, 0.3) is 0 Å². The van der Waals surface area contributed by atoms with Gasteiger partial charge in [0, 0.05) is 43.5 Å². The number of hydrogen-bond donors (Lipinski definition) is 1. The standard InChI is InChI=1S/C19H23FN4O/c1-24(13-15-4-2-3-5-17(15)20)19(25)14-6-8-16(9-7-14)23-18-12-21-10-11-22-18/h2-5,10-12,14,16H,6-9,13H2,1H3,(H,22,23). The first-order chi connectivity index (χ1) is 12.1. The predicted molar refractivity (Wildman–Crippen MR) is 94.3 cm³/mol. The quantitative estimate of drug-likeness (QED) is 0.906. The highest BCUT2D eigenvalue weighted by atomic mass is 19.1. The first-order valence-electron chi connectivity index (χ1n) is 8.64. The summed E-state index contributed by atoms with van der Waals surface area (Å²) < 4.78 is 13.8. The van der Waals surface area contributed by atoms with E-state index in [9.17, 15) is 9.18 Å². The van der Waals surface area contributed by atoms with Crippen LogP contribution >= 0.6 is 0 Å². The topological polar surface area (TPSA) is 58.1 Å². The van der Waals surface area contributed by atoms with Crippen molar-refractivity contribution in [1.29, 1.82) is 0 Å². The molecule has 2 aromatic rings. The summed E-state index contributed by atoms with van der Waals surface area (Å²) in [6.45, 7) is 0.309. The lowest BCUT2D eigenvalue weighted by molar-refractivity contribution is -0.135. The molecular weight excluding hydrogens is 319 g/mol. The Balaban J connectivity index is 1.50. The van der Waals surface area contributed by atoms with Crippen molar-refractivity contribution in [1.82, 2.24) is 14.9 Å². The van der Waals surface area contributed by atoms with E-state index < -0.39 is 0 Å². The molecule has 0 aliphatic heterocycles. The molecule has 1 fully saturated rings. The molecule has 1 saturated carbocycles. The van der Waals surface area contributed by atoms with E-state index in [1.807, 2.05) is 0 Å².